The molecule has 124 valence electrons. The Balaban J connectivity index is 1.55. The van der Waals surface area contributed by atoms with E-state index in [4.69, 9.17) is 0 Å². The first-order valence-electron chi connectivity index (χ1n) is 8.75. The van der Waals surface area contributed by atoms with Crippen LogP contribution in [0.15, 0.2) is 24.3 Å². The molecule has 0 radical (unpaired) electrons. The predicted molar refractivity (Wildman–Crippen MR) is 89.7 cm³/mol. The maximum atomic E-state index is 12.5. The molecule has 0 atom stereocenters. The Hall–Kier alpha value is -1.84. The molecule has 2 saturated carbocycles. The van der Waals surface area contributed by atoms with Crippen LogP contribution >= 0.6 is 0 Å². The molecule has 2 N–H and O–H groups in total. The molecule has 2 amide bonds. The summed E-state index contributed by atoms with van der Waals surface area (Å²) in [6, 6.07) is 8.26. The number of benzene rings is 1. The number of carbonyl (C=O) groups excluding carboxylic acids is 2. The van der Waals surface area contributed by atoms with Crippen LogP contribution in [0.5, 0.6) is 0 Å². The quantitative estimate of drug-likeness (QED) is 0.821. The van der Waals surface area contributed by atoms with Crippen LogP contribution in [0.1, 0.15) is 56.1 Å². The normalized spacial score (nSPS) is 19.9. The summed E-state index contributed by atoms with van der Waals surface area (Å²) in [6.07, 6.45) is 7.05. The second-order valence-corrected chi connectivity index (χ2v) is 7.00. The third kappa shape index (κ3) is 3.57. The van der Waals surface area contributed by atoms with Crippen LogP contribution in [0.25, 0.3) is 0 Å². The zero-order chi connectivity index (χ0) is 16.3. The Morgan fingerprint density at radius 3 is 2.43 bits per heavy atom. The Morgan fingerprint density at radius 1 is 1.09 bits per heavy atom. The van der Waals surface area contributed by atoms with Crippen LogP contribution < -0.4 is 10.6 Å². The van der Waals surface area contributed by atoms with Gasteiger partial charge in [0.2, 0.25) is 11.8 Å². The zero-order valence-corrected chi connectivity index (χ0v) is 13.9. The third-order valence-electron chi connectivity index (χ3n) is 5.26. The van der Waals surface area contributed by atoms with E-state index in [9.17, 15) is 9.59 Å². The standard InChI is InChI=1S/C19H26N2O2/c1-14-7-5-6-8-15(14)13-20-17(22)19(11-12-19)18(23)21-16-9-3-2-4-10-16/h5-8,16H,2-4,9-13H2,1H3,(H,20,22)(H,21,23). The number of hydrogen-bond donors (Lipinski definition) is 2. The predicted octanol–water partition coefficient (Wildman–Crippen LogP) is 2.84. The molecule has 0 spiro atoms. The maximum absolute atomic E-state index is 12.5. The summed E-state index contributed by atoms with van der Waals surface area (Å²) < 4.78 is 0. The highest BCUT2D eigenvalue weighted by Crippen LogP contribution is 2.46. The lowest BCUT2D eigenvalue weighted by atomic mass is 9.94. The molecule has 2 fully saturated rings. The van der Waals surface area contributed by atoms with Crippen LogP contribution in [0.3, 0.4) is 0 Å². The summed E-state index contributed by atoms with van der Waals surface area (Å²) in [4.78, 5) is 25.1. The average Bonchev–Trinajstić information content (AvgIpc) is 3.37. The molecule has 0 aliphatic heterocycles. The van der Waals surface area contributed by atoms with Gasteiger partial charge in [0.15, 0.2) is 0 Å². The van der Waals surface area contributed by atoms with Gasteiger partial charge in [-0.05, 0) is 43.7 Å². The highest BCUT2D eigenvalue weighted by molar-refractivity contribution is 6.07. The van der Waals surface area contributed by atoms with Gasteiger partial charge in [0.25, 0.3) is 0 Å². The van der Waals surface area contributed by atoms with Crippen molar-refractivity contribution in [1.29, 1.82) is 0 Å². The first-order chi connectivity index (χ1) is 11.1. The molecule has 23 heavy (non-hydrogen) atoms. The van der Waals surface area contributed by atoms with E-state index in [-0.39, 0.29) is 17.9 Å². The summed E-state index contributed by atoms with van der Waals surface area (Å²) in [7, 11) is 0. The first-order valence-corrected chi connectivity index (χ1v) is 8.75. The fourth-order valence-electron chi connectivity index (χ4n) is 3.41. The lowest BCUT2D eigenvalue weighted by Crippen LogP contribution is -2.46. The molecule has 4 heteroatoms. The van der Waals surface area contributed by atoms with E-state index in [1.807, 2.05) is 31.2 Å². The van der Waals surface area contributed by atoms with Crippen LogP contribution in [0, 0.1) is 12.3 Å². The second-order valence-electron chi connectivity index (χ2n) is 7.00. The molecule has 2 aliphatic rings. The zero-order valence-electron chi connectivity index (χ0n) is 13.9. The number of rotatable bonds is 5. The largest absolute Gasteiger partial charge is 0.352 e. The van der Waals surface area contributed by atoms with E-state index in [0.29, 0.717) is 19.4 Å². The average molecular weight is 314 g/mol. The second kappa shape index (κ2) is 6.73. The maximum Gasteiger partial charge on any atom is 0.235 e. The highest BCUT2D eigenvalue weighted by Gasteiger charge is 2.56. The summed E-state index contributed by atoms with van der Waals surface area (Å²) in [5.41, 5.74) is 1.45. The first kappa shape index (κ1) is 16.0. The van der Waals surface area contributed by atoms with Gasteiger partial charge in [0, 0.05) is 12.6 Å². The Bertz CT molecular complexity index is 587. The van der Waals surface area contributed by atoms with Crippen molar-refractivity contribution in [2.24, 2.45) is 5.41 Å². The van der Waals surface area contributed by atoms with Gasteiger partial charge in [0.1, 0.15) is 5.41 Å². The van der Waals surface area contributed by atoms with Crippen molar-refractivity contribution in [3.63, 3.8) is 0 Å². The Kier molecular flexibility index (Phi) is 4.69. The van der Waals surface area contributed by atoms with Gasteiger partial charge >= 0.3 is 0 Å². The van der Waals surface area contributed by atoms with Crippen LogP contribution in [0.4, 0.5) is 0 Å². The molecule has 1 aromatic carbocycles. The molecule has 0 saturated heterocycles. The van der Waals surface area contributed by atoms with E-state index < -0.39 is 5.41 Å². The molecule has 0 heterocycles. The number of amides is 2. The molecule has 4 nitrogen and oxygen atoms in total. The summed E-state index contributed by atoms with van der Waals surface area (Å²) in [5.74, 6) is -0.180. The van der Waals surface area contributed by atoms with Crippen molar-refractivity contribution in [3.05, 3.63) is 35.4 Å². The van der Waals surface area contributed by atoms with E-state index in [2.05, 4.69) is 10.6 Å². The lowest BCUT2D eigenvalue weighted by Gasteiger charge is -2.25. The molecule has 2 aliphatic carbocycles. The number of nitrogens with one attached hydrogen (secondary N) is 2. The molecule has 0 aromatic heterocycles. The SMILES string of the molecule is Cc1ccccc1CNC(=O)C1(C(=O)NC2CCCCC2)CC1. The van der Waals surface area contributed by atoms with E-state index in [0.717, 1.165) is 24.0 Å². The van der Waals surface area contributed by atoms with Crippen LogP contribution in [-0.2, 0) is 16.1 Å². The Morgan fingerprint density at radius 2 is 1.78 bits per heavy atom. The van der Waals surface area contributed by atoms with Crippen molar-refractivity contribution in [2.75, 3.05) is 0 Å². The van der Waals surface area contributed by atoms with Crippen molar-refractivity contribution in [3.8, 4) is 0 Å². The Labute approximate surface area is 138 Å². The van der Waals surface area contributed by atoms with Crippen molar-refractivity contribution >= 4 is 11.8 Å². The molecule has 3 rings (SSSR count). The lowest BCUT2D eigenvalue weighted by molar-refractivity contribution is -0.137. The number of carbonyl (C=O) groups is 2. The van der Waals surface area contributed by atoms with Gasteiger partial charge in [-0.1, -0.05) is 43.5 Å². The fraction of sp³-hybridized carbons (Fsp3) is 0.579. The van der Waals surface area contributed by atoms with Gasteiger partial charge in [-0.2, -0.15) is 0 Å². The number of aryl methyl sites for hydroxylation is 1. The third-order valence-corrected chi connectivity index (χ3v) is 5.26. The van der Waals surface area contributed by atoms with Gasteiger partial charge < -0.3 is 10.6 Å². The minimum atomic E-state index is -0.805. The van der Waals surface area contributed by atoms with Gasteiger partial charge in [-0.15, -0.1) is 0 Å². The molecular formula is C19H26N2O2. The highest BCUT2D eigenvalue weighted by atomic mass is 16.2. The molecule has 0 bridgehead atoms. The smallest absolute Gasteiger partial charge is 0.235 e. The van der Waals surface area contributed by atoms with E-state index in [1.165, 1.54) is 19.3 Å². The monoisotopic (exact) mass is 314 g/mol. The molecule has 0 unspecified atom stereocenters. The minimum Gasteiger partial charge on any atom is -0.352 e. The van der Waals surface area contributed by atoms with E-state index in [1.54, 1.807) is 0 Å². The molecular weight excluding hydrogens is 288 g/mol. The van der Waals surface area contributed by atoms with Gasteiger partial charge in [-0.3, -0.25) is 9.59 Å². The van der Waals surface area contributed by atoms with Crippen LogP contribution in [-0.4, -0.2) is 17.9 Å². The van der Waals surface area contributed by atoms with Gasteiger partial charge in [0.05, 0.1) is 0 Å². The summed E-state index contributed by atoms with van der Waals surface area (Å²) in [5, 5.41) is 6.07. The molecule has 1 aromatic rings. The number of hydrogen-bond acceptors (Lipinski definition) is 2. The van der Waals surface area contributed by atoms with Crippen molar-refractivity contribution in [2.45, 2.75) is 64.5 Å². The fourth-order valence-corrected chi connectivity index (χ4v) is 3.41. The topological polar surface area (TPSA) is 58.2 Å². The van der Waals surface area contributed by atoms with Crippen molar-refractivity contribution in [1.82, 2.24) is 10.6 Å². The summed E-state index contributed by atoms with van der Waals surface area (Å²) in [6.45, 7) is 2.52. The summed E-state index contributed by atoms with van der Waals surface area (Å²) >= 11 is 0. The van der Waals surface area contributed by atoms with Crippen molar-refractivity contribution < 1.29 is 9.59 Å². The minimum absolute atomic E-state index is 0.0633. The van der Waals surface area contributed by atoms with Crippen LogP contribution in [0.2, 0.25) is 0 Å². The van der Waals surface area contributed by atoms with Gasteiger partial charge in [-0.25, -0.2) is 0 Å². The van der Waals surface area contributed by atoms with E-state index >= 15 is 0 Å².